The Bertz CT molecular complexity index is 760. The van der Waals surface area contributed by atoms with Crippen LogP contribution in [0.15, 0.2) is 48.8 Å². The van der Waals surface area contributed by atoms with Crippen LogP contribution in [0.3, 0.4) is 0 Å². The Labute approximate surface area is 167 Å². The van der Waals surface area contributed by atoms with Gasteiger partial charge in [-0.05, 0) is 57.1 Å². The van der Waals surface area contributed by atoms with E-state index in [0.717, 1.165) is 42.6 Å². The molecule has 1 saturated heterocycles. The second kappa shape index (κ2) is 9.66. The van der Waals surface area contributed by atoms with Crippen molar-refractivity contribution in [2.75, 3.05) is 26.7 Å². The zero-order valence-corrected chi connectivity index (χ0v) is 16.7. The monoisotopic (exact) mass is 382 g/mol. The molecule has 6 nitrogen and oxygen atoms in total. The molecule has 1 unspecified atom stereocenters. The third-order valence-corrected chi connectivity index (χ3v) is 5.39. The van der Waals surface area contributed by atoms with Gasteiger partial charge < -0.3 is 20.2 Å². The number of carbonyl (C=O) groups excluding carboxylic acids is 1. The normalized spacial score (nSPS) is 16.5. The second-order valence-corrected chi connectivity index (χ2v) is 7.62. The molecule has 1 aromatic carbocycles. The average molecular weight is 383 g/mol. The summed E-state index contributed by atoms with van der Waals surface area (Å²) in [6.07, 6.45) is 5.43. The molecule has 6 heteroatoms. The summed E-state index contributed by atoms with van der Waals surface area (Å²) in [6.45, 7) is 4.34. The lowest BCUT2D eigenvalue weighted by molar-refractivity contribution is 0.121. The quantitative estimate of drug-likeness (QED) is 0.806. The molecule has 3 rings (SSSR count). The molecule has 0 bridgehead atoms. The minimum absolute atomic E-state index is 0.136. The molecule has 28 heavy (non-hydrogen) atoms. The number of likely N-dealkylation sites (tertiary alicyclic amines) is 1. The Hall–Kier alpha value is -2.44. The number of hydrogen-bond donors (Lipinski definition) is 2. The van der Waals surface area contributed by atoms with Gasteiger partial charge in [0.25, 0.3) is 0 Å². The van der Waals surface area contributed by atoms with E-state index in [-0.39, 0.29) is 18.7 Å². The highest BCUT2D eigenvalue weighted by Crippen LogP contribution is 2.20. The van der Waals surface area contributed by atoms with E-state index in [2.05, 4.69) is 22.2 Å². The lowest BCUT2D eigenvalue weighted by Crippen LogP contribution is -2.50. The van der Waals surface area contributed by atoms with Gasteiger partial charge in [-0.3, -0.25) is 4.98 Å². The average Bonchev–Trinajstić information content (AvgIpc) is 2.71. The van der Waals surface area contributed by atoms with E-state index in [1.807, 2.05) is 48.2 Å². The van der Waals surface area contributed by atoms with E-state index in [1.54, 1.807) is 12.4 Å². The number of nitrogens with zero attached hydrogens (tertiary/aromatic N) is 3. The van der Waals surface area contributed by atoms with Crippen molar-refractivity contribution in [2.24, 2.45) is 0 Å². The van der Waals surface area contributed by atoms with Gasteiger partial charge in [0.2, 0.25) is 0 Å². The van der Waals surface area contributed by atoms with Gasteiger partial charge in [0, 0.05) is 25.0 Å². The molecular weight excluding hydrogens is 352 g/mol. The Kier molecular flexibility index (Phi) is 7.01. The van der Waals surface area contributed by atoms with Crippen LogP contribution in [0.4, 0.5) is 4.79 Å². The molecule has 2 N–H and O–H groups in total. The Balaban J connectivity index is 1.76. The Morgan fingerprint density at radius 2 is 2.11 bits per heavy atom. The first kappa shape index (κ1) is 20.3. The summed E-state index contributed by atoms with van der Waals surface area (Å²) in [7, 11) is 2.11. The molecule has 2 aromatic rings. The van der Waals surface area contributed by atoms with Crippen molar-refractivity contribution in [1.29, 1.82) is 0 Å². The lowest BCUT2D eigenvalue weighted by atomic mass is 10.0. The highest BCUT2D eigenvalue weighted by atomic mass is 16.3. The fourth-order valence-corrected chi connectivity index (χ4v) is 3.71. The number of benzene rings is 1. The van der Waals surface area contributed by atoms with Crippen molar-refractivity contribution in [2.45, 2.75) is 38.4 Å². The number of aliphatic hydroxyl groups is 1. The second-order valence-electron chi connectivity index (χ2n) is 7.62. The van der Waals surface area contributed by atoms with Crippen LogP contribution in [0.25, 0.3) is 0 Å². The number of aryl methyl sites for hydroxylation is 1. The van der Waals surface area contributed by atoms with Gasteiger partial charge >= 0.3 is 6.03 Å². The number of piperidine rings is 1. The molecule has 1 atom stereocenters. The summed E-state index contributed by atoms with van der Waals surface area (Å²) in [5.41, 5.74) is 3.03. The fraction of sp³-hybridized carbons (Fsp3) is 0.455. The third kappa shape index (κ3) is 5.30. The first-order valence-electron chi connectivity index (χ1n) is 9.89. The van der Waals surface area contributed by atoms with Crippen LogP contribution >= 0.6 is 0 Å². The molecule has 150 valence electrons. The van der Waals surface area contributed by atoms with Gasteiger partial charge in [-0.15, -0.1) is 0 Å². The maximum atomic E-state index is 13.2. The van der Waals surface area contributed by atoms with Crippen molar-refractivity contribution in [3.63, 3.8) is 0 Å². The van der Waals surface area contributed by atoms with E-state index in [1.165, 1.54) is 0 Å². The van der Waals surface area contributed by atoms with Crippen LogP contribution in [0.5, 0.6) is 0 Å². The number of nitrogens with one attached hydrogen (secondary N) is 1. The molecule has 0 saturated carbocycles. The van der Waals surface area contributed by atoms with Gasteiger partial charge in [-0.25, -0.2) is 4.79 Å². The highest BCUT2D eigenvalue weighted by Gasteiger charge is 2.28. The van der Waals surface area contributed by atoms with Crippen LogP contribution in [0.2, 0.25) is 0 Å². The van der Waals surface area contributed by atoms with Gasteiger partial charge in [0.05, 0.1) is 12.6 Å². The van der Waals surface area contributed by atoms with E-state index in [4.69, 9.17) is 0 Å². The van der Waals surface area contributed by atoms with E-state index in [0.29, 0.717) is 6.54 Å². The number of carbonyl (C=O) groups is 1. The van der Waals surface area contributed by atoms with E-state index in [9.17, 15) is 9.90 Å². The number of urea groups is 1. The number of pyridine rings is 1. The molecule has 1 aromatic heterocycles. The van der Waals surface area contributed by atoms with Gasteiger partial charge in [-0.1, -0.05) is 35.9 Å². The van der Waals surface area contributed by atoms with Crippen molar-refractivity contribution in [3.05, 3.63) is 65.5 Å². The molecular formula is C22H30N4O2. The first-order valence-corrected chi connectivity index (χ1v) is 9.89. The number of amides is 2. The Morgan fingerprint density at radius 1 is 1.32 bits per heavy atom. The van der Waals surface area contributed by atoms with E-state index >= 15 is 0 Å². The van der Waals surface area contributed by atoms with Crippen LogP contribution < -0.4 is 5.32 Å². The zero-order valence-electron chi connectivity index (χ0n) is 16.7. The molecule has 1 aliphatic heterocycles. The maximum absolute atomic E-state index is 13.2. The largest absolute Gasteiger partial charge is 0.394 e. The summed E-state index contributed by atoms with van der Waals surface area (Å²) >= 11 is 0. The molecule has 0 spiro atoms. The SMILES string of the molecule is Cc1cccc(C(CO)NC(=O)N(Cc2cccnc2)C2CCN(C)CC2)c1. The standard InChI is InChI=1S/C22H30N4O2/c1-17-5-3-7-19(13-17)21(16-27)24-22(28)26(15-18-6-4-10-23-14-18)20-8-11-25(2)12-9-20/h3-7,10,13-14,20-21,27H,8-9,11-12,15-16H2,1-2H3,(H,24,28). The topological polar surface area (TPSA) is 68.7 Å². The van der Waals surface area contributed by atoms with Crippen LogP contribution in [0.1, 0.15) is 35.6 Å². The molecule has 2 amide bonds. The molecule has 0 aliphatic carbocycles. The summed E-state index contributed by atoms with van der Waals surface area (Å²) in [4.78, 5) is 21.6. The van der Waals surface area contributed by atoms with Gasteiger partial charge in [-0.2, -0.15) is 0 Å². The van der Waals surface area contributed by atoms with E-state index < -0.39 is 6.04 Å². The lowest BCUT2D eigenvalue weighted by Gasteiger charge is -2.38. The fourth-order valence-electron chi connectivity index (χ4n) is 3.71. The first-order chi connectivity index (χ1) is 13.6. The number of aliphatic hydroxyl groups excluding tert-OH is 1. The molecule has 2 heterocycles. The number of hydrogen-bond acceptors (Lipinski definition) is 4. The molecule has 0 radical (unpaired) electrons. The van der Waals surface area contributed by atoms with Crippen molar-refractivity contribution < 1.29 is 9.90 Å². The predicted octanol–water partition coefficient (Wildman–Crippen LogP) is 2.73. The van der Waals surface area contributed by atoms with Crippen molar-refractivity contribution >= 4 is 6.03 Å². The number of rotatable bonds is 6. The third-order valence-electron chi connectivity index (χ3n) is 5.39. The minimum atomic E-state index is -0.421. The molecule has 1 fully saturated rings. The van der Waals surface area contributed by atoms with Gasteiger partial charge in [0.15, 0.2) is 0 Å². The highest BCUT2D eigenvalue weighted by molar-refractivity contribution is 5.75. The summed E-state index contributed by atoms with van der Waals surface area (Å²) in [6, 6.07) is 11.4. The van der Waals surface area contributed by atoms with Crippen LogP contribution in [-0.4, -0.2) is 58.7 Å². The smallest absolute Gasteiger partial charge is 0.318 e. The van der Waals surface area contributed by atoms with Crippen LogP contribution in [0, 0.1) is 6.92 Å². The van der Waals surface area contributed by atoms with Crippen molar-refractivity contribution in [1.82, 2.24) is 20.1 Å². The summed E-state index contributed by atoms with van der Waals surface area (Å²) in [5.74, 6) is 0. The summed E-state index contributed by atoms with van der Waals surface area (Å²) in [5, 5.41) is 12.9. The van der Waals surface area contributed by atoms with Crippen molar-refractivity contribution in [3.8, 4) is 0 Å². The number of aromatic nitrogens is 1. The maximum Gasteiger partial charge on any atom is 0.318 e. The zero-order chi connectivity index (χ0) is 19.9. The van der Waals surface area contributed by atoms with Crippen LogP contribution in [-0.2, 0) is 6.54 Å². The Morgan fingerprint density at radius 3 is 2.75 bits per heavy atom. The minimum Gasteiger partial charge on any atom is -0.394 e. The predicted molar refractivity (Wildman–Crippen MR) is 110 cm³/mol. The van der Waals surface area contributed by atoms with Gasteiger partial charge in [0.1, 0.15) is 0 Å². The molecule has 1 aliphatic rings. The summed E-state index contributed by atoms with van der Waals surface area (Å²) < 4.78 is 0.